The van der Waals surface area contributed by atoms with Gasteiger partial charge in [-0.1, -0.05) is 23.2 Å². The van der Waals surface area contributed by atoms with Crippen molar-refractivity contribution in [3.05, 3.63) is 61.9 Å². The van der Waals surface area contributed by atoms with Gasteiger partial charge in [0.25, 0.3) is 5.91 Å². The fraction of sp³-hybridized carbons (Fsp3) is 0.235. The van der Waals surface area contributed by atoms with Gasteiger partial charge in [0, 0.05) is 25.0 Å². The molecule has 25 heavy (non-hydrogen) atoms. The first kappa shape index (κ1) is 16.8. The highest BCUT2D eigenvalue weighted by atomic mass is 79.9. The number of hydrogen-bond donors (Lipinski definition) is 0. The lowest BCUT2D eigenvalue weighted by Crippen LogP contribution is -2.39. The van der Waals surface area contributed by atoms with Crippen molar-refractivity contribution in [2.75, 3.05) is 6.54 Å². The highest BCUT2D eigenvalue weighted by molar-refractivity contribution is 9.10. The molecule has 8 heteroatoms. The topological polar surface area (TPSA) is 50.5 Å². The molecule has 1 atom stereocenters. The average Bonchev–Trinajstić information content (AvgIpc) is 2.99. The minimum absolute atomic E-state index is 0.101. The Morgan fingerprint density at radius 3 is 2.84 bits per heavy atom. The molecule has 0 spiro atoms. The van der Waals surface area contributed by atoms with Crippen LogP contribution in [-0.4, -0.2) is 31.9 Å². The van der Waals surface area contributed by atoms with Crippen molar-refractivity contribution < 1.29 is 4.79 Å². The van der Waals surface area contributed by atoms with Crippen molar-refractivity contribution in [1.29, 1.82) is 0 Å². The van der Waals surface area contributed by atoms with Gasteiger partial charge in [0.2, 0.25) is 0 Å². The van der Waals surface area contributed by atoms with Crippen molar-refractivity contribution in [3.63, 3.8) is 0 Å². The fourth-order valence-corrected chi connectivity index (χ4v) is 3.85. The second-order valence-corrected chi connectivity index (χ2v) is 7.72. The van der Waals surface area contributed by atoms with Gasteiger partial charge in [-0.2, -0.15) is 5.10 Å². The summed E-state index contributed by atoms with van der Waals surface area (Å²) < 4.78 is 2.39. The molecule has 0 saturated carbocycles. The van der Waals surface area contributed by atoms with E-state index in [1.807, 2.05) is 24.0 Å². The number of carbonyl (C=O) groups is 1. The second kappa shape index (κ2) is 6.27. The third-order valence-electron chi connectivity index (χ3n) is 4.48. The Morgan fingerprint density at radius 1 is 1.28 bits per heavy atom. The molecule has 4 rings (SSSR count). The molecule has 0 N–H and O–H groups in total. The number of benzene rings is 1. The van der Waals surface area contributed by atoms with Crippen LogP contribution in [-0.2, 0) is 6.42 Å². The van der Waals surface area contributed by atoms with Crippen LogP contribution in [0.1, 0.15) is 34.6 Å². The van der Waals surface area contributed by atoms with E-state index in [-0.39, 0.29) is 11.9 Å². The Balaban J connectivity index is 1.68. The van der Waals surface area contributed by atoms with Crippen molar-refractivity contribution in [2.24, 2.45) is 0 Å². The van der Waals surface area contributed by atoms with Gasteiger partial charge in [-0.15, -0.1) is 0 Å². The Hall–Kier alpha value is -1.63. The summed E-state index contributed by atoms with van der Waals surface area (Å²) in [6.07, 6.45) is 4.19. The first-order chi connectivity index (χ1) is 11.9. The number of nitrogens with zero attached hydrogens (tertiary/aromatic N) is 4. The van der Waals surface area contributed by atoms with Gasteiger partial charge >= 0.3 is 0 Å². The number of hydrogen-bond acceptors (Lipinski definition) is 3. The van der Waals surface area contributed by atoms with Gasteiger partial charge < -0.3 is 4.90 Å². The molecule has 0 radical (unpaired) electrons. The third kappa shape index (κ3) is 2.92. The molecule has 1 unspecified atom stereocenters. The SMILES string of the molecule is CC1c2cc(Cl)c(Cl)cc2CCN1C(=O)c1cc2ncc(Br)cn2n1. The quantitative estimate of drug-likeness (QED) is 0.558. The molecular weight excluding hydrogens is 427 g/mol. The first-order valence-electron chi connectivity index (χ1n) is 7.74. The number of halogens is 3. The zero-order valence-electron chi connectivity index (χ0n) is 13.2. The van der Waals surface area contributed by atoms with Crippen molar-refractivity contribution in [2.45, 2.75) is 19.4 Å². The summed E-state index contributed by atoms with van der Waals surface area (Å²) in [5.74, 6) is -0.120. The van der Waals surface area contributed by atoms with E-state index in [1.165, 1.54) is 0 Å². The van der Waals surface area contributed by atoms with E-state index in [9.17, 15) is 4.79 Å². The number of fused-ring (bicyclic) bond motifs is 2. The van der Waals surface area contributed by atoms with Crippen LogP contribution in [0.4, 0.5) is 0 Å². The van der Waals surface area contributed by atoms with Gasteiger partial charge in [0.1, 0.15) is 0 Å². The fourth-order valence-electron chi connectivity index (χ4n) is 3.19. The van der Waals surface area contributed by atoms with E-state index in [0.29, 0.717) is 27.9 Å². The predicted octanol–water partition coefficient (Wildman–Crippen LogP) is 4.56. The maximum atomic E-state index is 13.0. The van der Waals surface area contributed by atoms with Crippen LogP contribution in [0.15, 0.2) is 35.1 Å². The molecule has 1 aromatic carbocycles. The largest absolute Gasteiger partial charge is 0.330 e. The average molecular weight is 440 g/mol. The Bertz CT molecular complexity index is 1000. The van der Waals surface area contributed by atoms with Crippen LogP contribution < -0.4 is 0 Å². The Kier molecular flexibility index (Phi) is 4.22. The van der Waals surface area contributed by atoms with E-state index in [0.717, 1.165) is 22.0 Å². The lowest BCUT2D eigenvalue weighted by atomic mass is 9.93. The minimum Gasteiger partial charge on any atom is -0.330 e. The normalized spacial score (nSPS) is 17.0. The molecule has 3 aromatic rings. The van der Waals surface area contributed by atoms with Crippen LogP contribution in [0.3, 0.4) is 0 Å². The number of rotatable bonds is 1. The molecule has 2 aromatic heterocycles. The molecule has 0 aliphatic carbocycles. The maximum Gasteiger partial charge on any atom is 0.274 e. The monoisotopic (exact) mass is 438 g/mol. The first-order valence-corrected chi connectivity index (χ1v) is 9.28. The van der Waals surface area contributed by atoms with E-state index < -0.39 is 0 Å². The number of amides is 1. The lowest BCUT2D eigenvalue weighted by Gasteiger charge is -2.35. The Morgan fingerprint density at radius 2 is 2.04 bits per heavy atom. The molecule has 1 amide bonds. The van der Waals surface area contributed by atoms with Crippen molar-refractivity contribution in [1.82, 2.24) is 19.5 Å². The highest BCUT2D eigenvalue weighted by Crippen LogP contribution is 2.35. The molecule has 1 aliphatic rings. The van der Waals surface area contributed by atoms with Crippen LogP contribution in [0.25, 0.3) is 5.65 Å². The predicted molar refractivity (Wildman–Crippen MR) is 100 cm³/mol. The molecule has 0 fully saturated rings. The standard InChI is InChI=1S/C17H13BrCl2N4O/c1-9-12-5-14(20)13(19)4-10(12)2-3-23(9)17(25)15-6-16-21-7-11(18)8-24(16)22-15/h4-9H,2-3H2,1H3. The molecule has 3 heterocycles. The smallest absolute Gasteiger partial charge is 0.274 e. The molecule has 128 valence electrons. The molecule has 0 saturated heterocycles. The van der Waals surface area contributed by atoms with Crippen molar-refractivity contribution >= 4 is 50.7 Å². The summed E-state index contributed by atoms with van der Waals surface area (Å²) in [5, 5.41) is 5.41. The van der Waals surface area contributed by atoms with Gasteiger partial charge in [0.15, 0.2) is 11.3 Å². The minimum atomic E-state index is -0.120. The molecule has 5 nitrogen and oxygen atoms in total. The van der Waals surface area contributed by atoms with E-state index in [4.69, 9.17) is 23.2 Å². The summed E-state index contributed by atoms with van der Waals surface area (Å²) in [7, 11) is 0. The third-order valence-corrected chi connectivity index (χ3v) is 5.62. The molecular formula is C17H13BrCl2N4O. The van der Waals surface area contributed by atoms with Crippen LogP contribution in [0, 0.1) is 0 Å². The zero-order chi connectivity index (χ0) is 17.7. The summed E-state index contributed by atoms with van der Waals surface area (Å²) in [4.78, 5) is 19.0. The van der Waals surface area contributed by atoms with E-state index >= 15 is 0 Å². The number of carbonyl (C=O) groups excluding carboxylic acids is 1. The van der Waals surface area contributed by atoms with Crippen LogP contribution in [0.5, 0.6) is 0 Å². The summed E-state index contributed by atoms with van der Waals surface area (Å²) in [6, 6.07) is 5.34. The Labute approximate surface area is 162 Å². The van der Waals surface area contributed by atoms with Gasteiger partial charge in [-0.3, -0.25) is 4.79 Å². The second-order valence-electron chi connectivity index (χ2n) is 5.99. The molecule has 0 bridgehead atoms. The molecule has 1 aliphatic heterocycles. The highest BCUT2D eigenvalue weighted by Gasteiger charge is 2.30. The maximum absolute atomic E-state index is 13.0. The summed E-state index contributed by atoms with van der Waals surface area (Å²) in [6.45, 7) is 2.60. The van der Waals surface area contributed by atoms with Gasteiger partial charge in [-0.25, -0.2) is 9.50 Å². The van der Waals surface area contributed by atoms with Gasteiger partial charge in [-0.05, 0) is 52.5 Å². The summed E-state index contributed by atoms with van der Waals surface area (Å²) in [5.41, 5.74) is 3.16. The number of aromatic nitrogens is 3. The summed E-state index contributed by atoms with van der Waals surface area (Å²) >= 11 is 15.6. The zero-order valence-corrected chi connectivity index (χ0v) is 16.3. The van der Waals surface area contributed by atoms with E-state index in [1.54, 1.807) is 23.0 Å². The van der Waals surface area contributed by atoms with Crippen LogP contribution >= 0.6 is 39.1 Å². The lowest BCUT2D eigenvalue weighted by molar-refractivity contribution is 0.0671. The van der Waals surface area contributed by atoms with Crippen LogP contribution in [0.2, 0.25) is 10.0 Å². The van der Waals surface area contributed by atoms with Crippen molar-refractivity contribution in [3.8, 4) is 0 Å². The van der Waals surface area contributed by atoms with Gasteiger partial charge in [0.05, 0.1) is 20.6 Å². The van der Waals surface area contributed by atoms with E-state index in [2.05, 4.69) is 26.0 Å².